The molecule has 0 aromatic heterocycles. The van der Waals surface area contributed by atoms with Crippen LogP contribution in [0.3, 0.4) is 0 Å². The van der Waals surface area contributed by atoms with Crippen molar-refractivity contribution >= 4 is 56.5 Å². The Balaban J connectivity index is 2.59. The van der Waals surface area contributed by atoms with Crippen LogP contribution < -0.4 is 4.72 Å². The van der Waals surface area contributed by atoms with Crippen molar-refractivity contribution in [2.24, 2.45) is 4.99 Å². The zero-order valence-electron chi connectivity index (χ0n) is 10.3. The highest BCUT2D eigenvalue weighted by Crippen LogP contribution is 2.38. The van der Waals surface area contributed by atoms with Crippen LogP contribution in [0.2, 0.25) is 5.02 Å². The van der Waals surface area contributed by atoms with Crippen LogP contribution in [0, 0.1) is 0 Å². The van der Waals surface area contributed by atoms with E-state index in [2.05, 4.69) is 9.71 Å². The quantitative estimate of drug-likeness (QED) is 0.678. The molecule has 0 fully saturated rings. The second-order valence-corrected chi connectivity index (χ2v) is 8.16. The molecule has 1 aliphatic rings. The summed E-state index contributed by atoms with van der Waals surface area (Å²) in [6.45, 7) is 4.02. The van der Waals surface area contributed by atoms with Crippen LogP contribution in [-0.4, -0.2) is 25.4 Å². The Labute approximate surface area is 126 Å². The number of hydrogen-bond acceptors (Lipinski definition) is 4. The lowest BCUT2D eigenvalue weighted by atomic mass is 10.3. The smallest absolute Gasteiger partial charge is 0.265 e. The fraction of sp³-hybridized carbons (Fsp3) is 0.364. The molecule has 2 rings (SSSR count). The first-order chi connectivity index (χ1) is 8.83. The van der Waals surface area contributed by atoms with Gasteiger partial charge in [0.25, 0.3) is 10.0 Å². The van der Waals surface area contributed by atoms with Gasteiger partial charge in [0.15, 0.2) is 0 Å². The van der Waals surface area contributed by atoms with Crippen molar-refractivity contribution in [2.75, 3.05) is 5.88 Å². The van der Waals surface area contributed by atoms with E-state index in [-0.39, 0.29) is 16.6 Å². The summed E-state index contributed by atoms with van der Waals surface area (Å²) in [5.74, 6) is 0.202. The molecule has 0 unspecified atom stereocenters. The van der Waals surface area contributed by atoms with Gasteiger partial charge in [0.2, 0.25) is 0 Å². The number of nitrogens with one attached hydrogen (secondary N) is 1. The molecule has 1 heterocycles. The summed E-state index contributed by atoms with van der Waals surface area (Å²) in [4.78, 5) is 5.00. The number of aliphatic imine (C=N–C) groups is 1. The van der Waals surface area contributed by atoms with E-state index in [4.69, 9.17) is 23.2 Å². The number of nitrogens with zero attached hydrogens (tertiary/aromatic N) is 1. The van der Waals surface area contributed by atoms with Crippen LogP contribution in [0.25, 0.3) is 0 Å². The lowest BCUT2D eigenvalue weighted by molar-refractivity contribution is 0.591. The van der Waals surface area contributed by atoms with Crippen LogP contribution in [0.4, 0.5) is 5.69 Å². The number of sulfonamides is 1. The molecule has 0 radical (unpaired) electrons. The Bertz CT molecular complexity index is 642. The summed E-state index contributed by atoms with van der Waals surface area (Å²) < 4.78 is 26.5. The van der Waals surface area contributed by atoms with Gasteiger partial charge >= 0.3 is 0 Å². The number of amidine groups is 1. The number of hydrogen-bond donors (Lipinski definition) is 1. The van der Waals surface area contributed by atoms with Crippen molar-refractivity contribution < 1.29 is 8.42 Å². The van der Waals surface area contributed by atoms with Gasteiger partial charge in [-0.1, -0.05) is 25.4 Å². The molecule has 0 saturated carbocycles. The zero-order valence-corrected chi connectivity index (χ0v) is 13.4. The summed E-state index contributed by atoms with van der Waals surface area (Å²) in [7, 11) is -3.62. The molecule has 0 atom stereocenters. The Kier molecular flexibility index (Phi) is 4.35. The molecular formula is C11H12Cl2N2O2S2. The number of halogens is 2. The molecule has 1 aromatic carbocycles. The van der Waals surface area contributed by atoms with Gasteiger partial charge in [-0.2, -0.15) is 0 Å². The predicted molar refractivity (Wildman–Crippen MR) is 80.6 cm³/mol. The fourth-order valence-corrected chi connectivity index (χ4v) is 4.23. The molecular weight excluding hydrogens is 327 g/mol. The number of benzene rings is 1. The van der Waals surface area contributed by atoms with Crippen molar-refractivity contribution in [3.8, 4) is 0 Å². The van der Waals surface area contributed by atoms with Crippen LogP contribution in [0.1, 0.15) is 13.8 Å². The van der Waals surface area contributed by atoms with Crippen molar-refractivity contribution in [3.05, 3.63) is 17.2 Å². The summed E-state index contributed by atoms with van der Waals surface area (Å²) in [6.07, 6.45) is 0. The molecule has 1 N–H and O–H groups in total. The number of thioether (sulfide) groups is 1. The van der Waals surface area contributed by atoms with E-state index < -0.39 is 10.0 Å². The van der Waals surface area contributed by atoms with Gasteiger partial charge in [-0.15, -0.1) is 23.4 Å². The lowest BCUT2D eigenvalue weighted by Crippen LogP contribution is -2.34. The first kappa shape index (κ1) is 15.0. The molecule has 8 heteroatoms. The van der Waals surface area contributed by atoms with E-state index >= 15 is 0 Å². The van der Waals surface area contributed by atoms with Crippen molar-refractivity contribution in [1.82, 2.24) is 4.72 Å². The van der Waals surface area contributed by atoms with Gasteiger partial charge in [-0.25, -0.2) is 13.4 Å². The summed E-state index contributed by atoms with van der Waals surface area (Å²) in [5, 5.41) is 0.795. The van der Waals surface area contributed by atoms with Crippen LogP contribution in [0.15, 0.2) is 26.9 Å². The van der Waals surface area contributed by atoms with E-state index in [1.807, 2.05) is 13.8 Å². The van der Waals surface area contributed by atoms with Gasteiger partial charge in [-0.05, 0) is 12.1 Å². The van der Waals surface area contributed by atoms with Crippen LogP contribution in [0.5, 0.6) is 0 Å². The van der Waals surface area contributed by atoms with Crippen LogP contribution >= 0.6 is 35.0 Å². The molecule has 0 amide bonds. The molecule has 0 bridgehead atoms. The largest absolute Gasteiger partial charge is 0.266 e. The van der Waals surface area contributed by atoms with Crippen molar-refractivity contribution in [2.45, 2.75) is 28.9 Å². The predicted octanol–water partition coefficient (Wildman–Crippen LogP) is 3.40. The minimum absolute atomic E-state index is 0.00121. The molecule has 4 nitrogen and oxygen atoms in total. The van der Waals surface area contributed by atoms with Gasteiger partial charge in [-0.3, -0.25) is 4.72 Å². The highest BCUT2D eigenvalue weighted by molar-refractivity contribution is 8.00. The Morgan fingerprint density at radius 3 is 2.68 bits per heavy atom. The number of alkyl halides is 1. The molecule has 0 spiro atoms. The van der Waals surface area contributed by atoms with E-state index in [1.165, 1.54) is 11.8 Å². The number of rotatable bonds is 3. The van der Waals surface area contributed by atoms with Crippen LogP contribution in [-0.2, 0) is 10.0 Å². The minimum Gasteiger partial charge on any atom is -0.266 e. The van der Waals surface area contributed by atoms with Gasteiger partial charge in [0, 0.05) is 10.1 Å². The fourth-order valence-electron chi connectivity index (χ4n) is 1.61. The average molecular weight is 339 g/mol. The van der Waals surface area contributed by atoms with E-state index in [0.717, 1.165) is 4.90 Å². The summed E-state index contributed by atoms with van der Waals surface area (Å²) in [5.41, 5.74) is 0.326. The normalized spacial score (nSPS) is 16.8. The maximum atomic E-state index is 12.1. The molecule has 1 aromatic rings. The third kappa shape index (κ3) is 3.18. The molecule has 1 aliphatic heterocycles. The first-order valence-electron chi connectivity index (χ1n) is 5.50. The third-order valence-corrected chi connectivity index (χ3v) is 5.45. The van der Waals surface area contributed by atoms with E-state index in [0.29, 0.717) is 16.0 Å². The highest BCUT2D eigenvalue weighted by atomic mass is 35.5. The first-order valence-corrected chi connectivity index (χ1v) is 8.77. The van der Waals surface area contributed by atoms with Gasteiger partial charge in [0.1, 0.15) is 10.7 Å². The lowest BCUT2D eigenvalue weighted by Gasteiger charge is -2.18. The second-order valence-electron chi connectivity index (χ2n) is 4.21. The minimum atomic E-state index is -3.62. The topological polar surface area (TPSA) is 58.5 Å². The third-order valence-electron chi connectivity index (χ3n) is 2.30. The van der Waals surface area contributed by atoms with Gasteiger partial charge < -0.3 is 0 Å². The standard InChI is InChI=1S/C11H12Cl2N2O2S2/c1-6(2)18-9-4-10-8(3-7(9)13)14-11(5-12)15-19(10,16)17/h3-4,6H,5H2,1-2H3,(H,14,15). The van der Waals surface area contributed by atoms with Crippen molar-refractivity contribution in [1.29, 1.82) is 0 Å². The zero-order chi connectivity index (χ0) is 14.2. The van der Waals surface area contributed by atoms with E-state index in [9.17, 15) is 8.42 Å². The van der Waals surface area contributed by atoms with Crippen molar-refractivity contribution in [3.63, 3.8) is 0 Å². The summed E-state index contributed by atoms with van der Waals surface area (Å²) in [6, 6.07) is 3.12. The molecule has 0 saturated heterocycles. The maximum Gasteiger partial charge on any atom is 0.265 e. The molecule has 19 heavy (non-hydrogen) atoms. The second kappa shape index (κ2) is 5.52. The Morgan fingerprint density at radius 1 is 1.42 bits per heavy atom. The average Bonchev–Trinajstić information content (AvgIpc) is 2.29. The molecule has 0 aliphatic carbocycles. The Morgan fingerprint density at radius 2 is 2.11 bits per heavy atom. The highest BCUT2D eigenvalue weighted by Gasteiger charge is 2.26. The summed E-state index contributed by atoms with van der Waals surface area (Å²) >= 11 is 13.3. The monoisotopic (exact) mass is 338 g/mol. The molecule has 104 valence electrons. The van der Waals surface area contributed by atoms with Gasteiger partial charge in [0.05, 0.1) is 16.6 Å². The van der Waals surface area contributed by atoms with E-state index in [1.54, 1.807) is 12.1 Å². The maximum absolute atomic E-state index is 12.1. The number of fused-ring (bicyclic) bond motifs is 1. The SMILES string of the molecule is CC(C)Sc1cc2c(cc1Cl)N=C(CCl)NS2(=O)=O. The Hall–Kier alpha value is -0.430.